The number of nitrogens with two attached hydrogens (primary N) is 1. The number of benzene rings is 1. The summed E-state index contributed by atoms with van der Waals surface area (Å²) in [5.74, 6) is -0.141. The van der Waals surface area contributed by atoms with Gasteiger partial charge in [-0.2, -0.15) is 0 Å². The molecule has 0 radical (unpaired) electrons. The monoisotopic (exact) mass is 282 g/mol. The van der Waals surface area contributed by atoms with Crippen molar-refractivity contribution in [3.63, 3.8) is 0 Å². The van der Waals surface area contributed by atoms with Crippen molar-refractivity contribution >= 4 is 15.7 Å². The molecule has 19 heavy (non-hydrogen) atoms. The Morgan fingerprint density at radius 1 is 1.42 bits per heavy atom. The Morgan fingerprint density at radius 2 is 2.21 bits per heavy atom. The van der Waals surface area contributed by atoms with E-state index in [1.807, 2.05) is 0 Å². The van der Waals surface area contributed by atoms with Crippen molar-refractivity contribution in [2.45, 2.75) is 11.4 Å². The van der Waals surface area contributed by atoms with Crippen molar-refractivity contribution in [2.75, 3.05) is 12.3 Å². The molecule has 7 nitrogen and oxygen atoms in total. The number of imidazole rings is 1. The SMILES string of the molecule is Nc1cc(S(=O)(=O)NCCn2ccnc2)ccc1O. The second-order valence-electron chi connectivity index (χ2n) is 3.92. The molecule has 2 rings (SSSR count). The van der Waals surface area contributed by atoms with Gasteiger partial charge in [-0.25, -0.2) is 18.1 Å². The van der Waals surface area contributed by atoms with Crippen LogP contribution in [0.4, 0.5) is 5.69 Å². The number of rotatable bonds is 5. The van der Waals surface area contributed by atoms with Crippen molar-refractivity contribution in [3.05, 3.63) is 36.9 Å². The van der Waals surface area contributed by atoms with Gasteiger partial charge >= 0.3 is 0 Å². The number of anilines is 1. The minimum absolute atomic E-state index is 0.0217. The van der Waals surface area contributed by atoms with E-state index in [1.165, 1.54) is 18.2 Å². The molecule has 2 aromatic rings. The Bertz CT molecular complexity index is 653. The van der Waals surface area contributed by atoms with Gasteiger partial charge in [-0.15, -0.1) is 0 Å². The highest BCUT2D eigenvalue weighted by Crippen LogP contribution is 2.22. The van der Waals surface area contributed by atoms with Gasteiger partial charge < -0.3 is 15.4 Å². The van der Waals surface area contributed by atoms with E-state index in [4.69, 9.17) is 5.73 Å². The first-order chi connectivity index (χ1) is 8.99. The van der Waals surface area contributed by atoms with Gasteiger partial charge in [0.1, 0.15) is 5.75 Å². The Hall–Kier alpha value is -2.06. The van der Waals surface area contributed by atoms with Crippen LogP contribution in [0.3, 0.4) is 0 Å². The van der Waals surface area contributed by atoms with Crippen molar-refractivity contribution in [3.8, 4) is 5.75 Å². The molecular weight excluding hydrogens is 268 g/mol. The van der Waals surface area contributed by atoms with Crippen LogP contribution in [0.25, 0.3) is 0 Å². The average Bonchev–Trinajstić information content (AvgIpc) is 2.85. The highest BCUT2D eigenvalue weighted by atomic mass is 32.2. The topological polar surface area (TPSA) is 110 Å². The van der Waals surface area contributed by atoms with E-state index in [1.54, 1.807) is 23.3 Å². The van der Waals surface area contributed by atoms with Gasteiger partial charge in [0.2, 0.25) is 10.0 Å². The lowest BCUT2D eigenvalue weighted by atomic mass is 10.3. The molecule has 102 valence electrons. The summed E-state index contributed by atoms with van der Waals surface area (Å²) in [5, 5.41) is 9.26. The molecule has 0 aliphatic heterocycles. The first-order valence-corrected chi connectivity index (χ1v) is 7.01. The molecule has 0 atom stereocenters. The predicted octanol–water partition coefficient (Wildman–Crippen LogP) is 0.149. The maximum atomic E-state index is 12.0. The second kappa shape index (κ2) is 5.29. The fourth-order valence-corrected chi connectivity index (χ4v) is 2.57. The van der Waals surface area contributed by atoms with E-state index in [0.29, 0.717) is 6.54 Å². The molecule has 1 aromatic heterocycles. The summed E-state index contributed by atoms with van der Waals surface area (Å²) in [7, 11) is -3.63. The van der Waals surface area contributed by atoms with Crippen molar-refractivity contribution < 1.29 is 13.5 Å². The van der Waals surface area contributed by atoms with Crippen LogP contribution in [0, 0.1) is 0 Å². The number of aromatic hydroxyl groups is 1. The lowest BCUT2D eigenvalue weighted by Crippen LogP contribution is -2.27. The van der Waals surface area contributed by atoms with Crippen LogP contribution in [0.15, 0.2) is 41.8 Å². The normalized spacial score (nSPS) is 11.6. The van der Waals surface area contributed by atoms with Crippen LogP contribution in [0.2, 0.25) is 0 Å². The van der Waals surface area contributed by atoms with E-state index >= 15 is 0 Å². The lowest BCUT2D eigenvalue weighted by molar-refractivity contribution is 0.477. The first kappa shape index (κ1) is 13.4. The molecule has 1 aromatic carbocycles. The number of nitrogens with one attached hydrogen (secondary N) is 1. The molecule has 0 spiro atoms. The molecule has 8 heteroatoms. The third kappa shape index (κ3) is 3.24. The fraction of sp³-hybridized carbons (Fsp3) is 0.182. The molecule has 0 aliphatic rings. The van der Waals surface area contributed by atoms with Gasteiger partial charge in [-0.05, 0) is 18.2 Å². The van der Waals surface area contributed by atoms with Gasteiger partial charge in [0, 0.05) is 25.5 Å². The van der Waals surface area contributed by atoms with Crippen LogP contribution in [0.5, 0.6) is 5.75 Å². The highest BCUT2D eigenvalue weighted by Gasteiger charge is 2.14. The summed E-state index contributed by atoms with van der Waals surface area (Å²) in [6.07, 6.45) is 4.97. The smallest absolute Gasteiger partial charge is 0.240 e. The maximum absolute atomic E-state index is 12.0. The summed E-state index contributed by atoms with van der Waals surface area (Å²) < 4.78 is 28.1. The van der Waals surface area contributed by atoms with Crippen LogP contribution in [-0.2, 0) is 16.6 Å². The predicted molar refractivity (Wildman–Crippen MR) is 69.9 cm³/mol. The van der Waals surface area contributed by atoms with Crippen LogP contribution < -0.4 is 10.5 Å². The molecule has 1 heterocycles. The minimum atomic E-state index is -3.63. The van der Waals surface area contributed by atoms with E-state index in [2.05, 4.69) is 9.71 Å². The number of sulfonamides is 1. The van der Waals surface area contributed by atoms with Crippen LogP contribution in [0.1, 0.15) is 0 Å². The Balaban J connectivity index is 2.03. The Kier molecular flexibility index (Phi) is 3.72. The number of nitrogen functional groups attached to an aromatic ring is 1. The van der Waals surface area contributed by atoms with Gasteiger partial charge in [0.15, 0.2) is 0 Å². The number of phenols is 1. The Labute approximate surface area is 110 Å². The van der Waals surface area contributed by atoms with E-state index < -0.39 is 10.0 Å². The van der Waals surface area contributed by atoms with Gasteiger partial charge in [-0.3, -0.25) is 0 Å². The van der Waals surface area contributed by atoms with E-state index in [0.717, 1.165) is 0 Å². The second-order valence-corrected chi connectivity index (χ2v) is 5.69. The van der Waals surface area contributed by atoms with E-state index in [-0.39, 0.29) is 22.9 Å². The third-order valence-corrected chi connectivity index (χ3v) is 3.99. The van der Waals surface area contributed by atoms with Crippen molar-refractivity contribution in [1.29, 1.82) is 0 Å². The van der Waals surface area contributed by atoms with Crippen molar-refractivity contribution in [2.24, 2.45) is 0 Å². The first-order valence-electron chi connectivity index (χ1n) is 5.53. The zero-order valence-corrected chi connectivity index (χ0v) is 10.8. The average molecular weight is 282 g/mol. The molecule has 0 saturated carbocycles. The molecule has 0 aliphatic carbocycles. The van der Waals surface area contributed by atoms with Crippen molar-refractivity contribution in [1.82, 2.24) is 14.3 Å². The molecule has 4 N–H and O–H groups in total. The van der Waals surface area contributed by atoms with Gasteiger partial charge in [0.25, 0.3) is 0 Å². The number of hydrogen-bond donors (Lipinski definition) is 3. The van der Waals surface area contributed by atoms with Crippen LogP contribution in [-0.4, -0.2) is 29.6 Å². The quantitative estimate of drug-likeness (QED) is 0.534. The standard InChI is InChI=1S/C11H14N4O3S/c12-10-7-9(1-2-11(10)16)19(17,18)14-4-6-15-5-3-13-8-15/h1-3,5,7-8,14,16H,4,6,12H2. The molecule has 0 bridgehead atoms. The summed E-state index contributed by atoms with van der Waals surface area (Å²) in [5.41, 5.74) is 5.49. The Morgan fingerprint density at radius 3 is 2.84 bits per heavy atom. The lowest BCUT2D eigenvalue weighted by Gasteiger charge is -2.08. The van der Waals surface area contributed by atoms with Gasteiger partial charge in [0.05, 0.1) is 16.9 Å². The summed E-state index contributed by atoms with van der Waals surface area (Å²) in [6, 6.07) is 3.76. The summed E-state index contributed by atoms with van der Waals surface area (Å²) in [4.78, 5) is 3.88. The maximum Gasteiger partial charge on any atom is 0.240 e. The molecule has 0 unspecified atom stereocenters. The summed E-state index contributed by atoms with van der Waals surface area (Å²) in [6.45, 7) is 0.715. The summed E-state index contributed by atoms with van der Waals surface area (Å²) >= 11 is 0. The molecular formula is C11H14N4O3S. The third-order valence-electron chi connectivity index (χ3n) is 2.53. The molecule has 0 fully saturated rings. The number of nitrogens with zero attached hydrogens (tertiary/aromatic N) is 2. The largest absolute Gasteiger partial charge is 0.506 e. The number of aromatic nitrogens is 2. The zero-order valence-electron chi connectivity index (χ0n) is 10.0. The van der Waals surface area contributed by atoms with E-state index in [9.17, 15) is 13.5 Å². The molecule has 0 amide bonds. The molecule has 0 saturated heterocycles. The van der Waals surface area contributed by atoms with Gasteiger partial charge in [-0.1, -0.05) is 0 Å². The zero-order chi connectivity index (χ0) is 13.9. The minimum Gasteiger partial charge on any atom is -0.506 e. The van der Waals surface area contributed by atoms with Crippen LogP contribution >= 0.6 is 0 Å². The fourth-order valence-electron chi connectivity index (χ4n) is 1.51. The number of phenolic OH excluding ortho intramolecular Hbond substituents is 1. The number of hydrogen-bond acceptors (Lipinski definition) is 5. The highest BCUT2D eigenvalue weighted by molar-refractivity contribution is 7.89.